The Hall–Kier alpha value is -1.16. The fraction of sp³-hybridized carbons (Fsp3) is 0.556. The van der Waals surface area contributed by atoms with Crippen LogP contribution in [-0.2, 0) is 0 Å². The maximum Gasteiger partial charge on any atom is 0.223 e. The van der Waals surface area contributed by atoms with Crippen LogP contribution in [0.1, 0.15) is 20.3 Å². The lowest BCUT2D eigenvalue weighted by atomic mass is 10.0. The molecule has 1 aromatic rings. The molecule has 1 rings (SSSR count). The molecule has 0 aliphatic carbocycles. The van der Waals surface area contributed by atoms with Gasteiger partial charge in [-0.05, 0) is 19.4 Å². The highest BCUT2D eigenvalue weighted by Gasteiger charge is 2.20. The molecule has 0 saturated carbocycles. The van der Waals surface area contributed by atoms with Gasteiger partial charge in [0.2, 0.25) is 5.95 Å². The Bertz CT molecular complexity index is 246. The van der Waals surface area contributed by atoms with Crippen LogP contribution in [0.3, 0.4) is 0 Å². The number of aliphatic hydroxyl groups is 1. The molecule has 72 valence electrons. The zero-order valence-corrected chi connectivity index (χ0v) is 7.99. The van der Waals surface area contributed by atoms with Crippen molar-refractivity contribution in [3.8, 4) is 0 Å². The maximum atomic E-state index is 9.13. The molecular weight excluding hydrogens is 166 g/mol. The van der Waals surface area contributed by atoms with E-state index in [1.165, 1.54) is 0 Å². The molecule has 1 aromatic heterocycles. The molecule has 0 radical (unpaired) electrons. The molecule has 1 unspecified atom stereocenters. The van der Waals surface area contributed by atoms with Crippen LogP contribution in [0, 0.1) is 0 Å². The van der Waals surface area contributed by atoms with Gasteiger partial charge in [0.25, 0.3) is 0 Å². The number of rotatable bonds is 4. The predicted octanol–water partition coefficient (Wildman–Crippen LogP) is 1.05. The smallest absolute Gasteiger partial charge is 0.223 e. The second-order valence-corrected chi connectivity index (χ2v) is 3.27. The first-order valence-corrected chi connectivity index (χ1v) is 4.36. The van der Waals surface area contributed by atoms with Gasteiger partial charge >= 0.3 is 0 Å². The molecule has 0 aliphatic rings. The van der Waals surface area contributed by atoms with Crippen molar-refractivity contribution in [3.63, 3.8) is 0 Å². The lowest BCUT2D eigenvalue weighted by Gasteiger charge is -2.26. The van der Waals surface area contributed by atoms with Gasteiger partial charge in [-0.3, -0.25) is 0 Å². The summed E-state index contributed by atoms with van der Waals surface area (Å²) in [6, 6.07) is 1.76. The van der Waals surface area contributed by atoms with Crippen molar-refractivity contribution in [2.75, 3.05) is 11.9 Å². The Morgan fingerprint density at radius 2 is 2.08 bits per heavy atom. The fourth-order valence-corrected chi connectivity index (χ4v) is 0.873. The van der Waals surface area contributed by atoms with Gasteiger partial charge in [-0.1, -0.05) is 6.92 Å². The van der Waals surface area contributed by atoms with Gasteiger partial charge in [0.05, 0.1) is 12.1 Å². The van der Waals surface area contributed by atoms with Crippen LogP contribution in [0.5, 0.6) is 0 Å². The summed E-state index contributed by atoms with van der Waals surface area (Å²) in [6.45, 7) is 4.01. The second-order valence-electron chi connectivity index (χ2n) is 3.27. The number of hydrogen-bond donors (Lipinski definition) is 2. The number of hydrogen-bond acceptors (Lipinski definition) is 4. The molecule has 1 atom stereocenters. The molecule has 4 nitrogen and oxygen atoms in total. The minimum atomic E-state index is -0.332. The van der Waals surface area contributed by atoms with Crippen LogP contribution in [-0.4, -0.2) is 27.2 Å². The van der Waals surface area contributed by atoms with E-state index in [1.807, 2.05) is 13.8 Å². The van der Waals surface area contributed by atoms with Crippen molar-refractivity contribution < 1.29 is 5.11 Å². The van der Waals surface area contributed by atoms with Crippen LogP contribution in [0.25, 0.3) is 0 Å². The van der Waals surface area contributed by atoms with E-state index in [0.29, 0.717) is 5.95 Å². The summed E-state index contributed by atoms with van der Waals surface area (Å²) in [5.41, 5.74) is -0.332. The highest BCUT2D eigenvalue weighted by molar-refractivity contribution is 5.27. The van der Waals surface area contributed by atoms with Gasteiger partial charge < -0.3 is 10.4 Å². The molecule has 0 saturated heterocycles. The zero-order chi connectivity index (χ0) is 9.73. The first-order chi connectivity index (χ1) is 6.20. The van der Waals surface area contributed by atoms with Crippen LogP contribution >= 0.6 is 0 Å². The minimum Gasteiger partial charge on any atom is -0.394 e. The summed E-state index contributed by atoms with van der Waals surface area (Å²) < 4.78 is 0. The van der Waals surface area contributed by atoms with E-state index in [4.69, 9.17) is 5.11 Å². The first kappa shape index (κ1) is 9.92. The molecular formula is C9H15N3O. The largest absolute Gasteiger partial charge is 0.394 e. The minimum absolute atomic E-state index is 0.0712. The predicted molar refractivity (Wildman–Crippen MR) is 51.4 cm³/mol. The SMILES string of the molecule is CCC(C)(CO)Nc1ncccn1. The van der Waals surface area contributed by atoms with Crippen molar-refractivity contribution in [1.29, 1.82) is 0 Å². The summed E-state index contributed by atoms with van der Waals surface area (Å²) in [6.07, 6.45) is 4.16. The van der Waals surface area contributed by atoms with Crippen molar-refractivity contribution in [2.24, 2.45) is 0 Å². The Kier molecular flexibility index (Phi) is 3.19. The Morgan fingerprint density at radius 1 is 1.46 bits per heavy atom. The second kappa shape index (κ2) is 4.18. The molecule has 13 heavy (non-hydrogen) atoms. The lowest BCUT2D eigenvalue weighted by Crippen LogP contribution is -2.38. The van der Waals surface area contributed by atoms with E-state index in [9.17, 15) is 0 Å². The number of nitrogens with zero attached hydrogens (tertiary/aromatic N) is 2. The third kappa shape index (κ3) is 2.66. The lowest BCUT2D eigenvalue weighted by molar-refractivity contribution is 0.218. The summed E-state index contributed by atoms with van der Waals surface area (Å²) in [4.78, 5) is 8.05. The normalized spacial score (nSPS) is 15.0. The van der Waals surface area contributed by atoms with Crippen LogP contribution in [0.2, 0.25) is 0 Å². The maximum absolute atomic E-state index is 9.13. The molecule has 0 fully saturated rings. The van der Waals surface area contributed by atoms with E-state index in [1.54, 1.807) is 18.5 Å². The van der Waals surface area contributed by atoms with Crippen molar-refractivity contribution in [3.05, 3.63) is 18.5 Å². The zero-order valence-electron chi connectivity index (χ0n) is 7.99. The average molecular weight is 181 g/mol. The molecule has 0 aliphatic heterocycles. The van der Waals surface area contributed by atoms with Crippen LogP contribution in [0.4, 0.5) is 5.95 Å². The highest BCUT2D eigenvalue weighted by atomic mass is 16.3. The van der Waals surface area contributed by atoms with Crippen molar-refractivity contribution >= 4 is 5.95 Å². The quantitative estimate of drug-likeness (QED) is 0.729. The number of aromatic nitrogens is 2. The van der Waals surface area contributed by atoms with Crippen molar-refractivity contribution in [2.45, 2.75) is 25.8 Å². The number of anilines is 1. The van der Waals surface area contributed by atoms with Crippen LogP contribution < -0.4 is 5.32 Å². The Morgan fingerprint density at radius 3 is 2.54 bits per heavy atom. The van der Waals surface area contributed by atoms with E-state index in [2.05, 4.69) is 15.3 Å². The molecule has 1 heterocycles. The van der Waals surface area contributed by atoms with E-state index in [-0.39, 0.29) is 12.1 Å². The molecule has 4 heteroatoms. The molecule has 0 bridgehead atoms. The highest BCUT2D eigenvalue weighted by Crippen LogP contribution is 2.13. The average Bonchev–Trinajstić information content (AvgIpc) is 2.19. The fourth-order valence-electron chi connectivity index (χ4n) is 0.873. The molecule has 2 N–H and O–H groups in total. The first-order valence-electron chi connectivity index (χ1n) is 4.36. The monoisotopic (exact) mass is 181 g/mol. The van der Waals surface area contributed by atoms with Gasteiger partial charge in [-0.15, -0.1) is 0 Å². The van der Waals surface area contributed by atoms with Gasteiger partial charge in [-0.25, -0.2) is 9.97 Å². The van der Waals surface area contributed by atoms with Crippen molar-refractivity contribution in [1.82, 2.24) is 9.97 Å². The van der Waals surface area contributed by atoms with Gasteiger partial charge in [0, 0.05) is 12.4 Å². The van der Waals surface area contributed by atoms with Gasteiger partial charge in [0.1, 0.15) is 0 Å². The molecule has 0 aromatic carbocycles. The van der Waals surface area contributed by atoms with Gasteiger partial charge in [-0.2, -0.15) is 0 Å². The summed E-state index contributed by atoms with van der Waals surface area (Å²) >= 11 is 0. The Balaban J connectivity index is 2.68. The molecule has 0 amide bonds. The van der Waals surface area contributed by atoms with E-state index >= 15 is 0 Å². The van der Waals surface area contributed by atoms with Crippen LogP contribution in [0.15, 0.2) is 18.5 Å². The summed E-state index contributed by atoms with van der Waals surface area (Å²) in [7, 11) is 0. The van der Waals surface area contributed by atoms with E-state index < -0.39 is 0 Å². The van der Waals surface area contributed by atoms with E-state index in [0.717, 1.165) is 6.42 Å². The molecule has 0 spiro atoms. The Labute approximate surface area is 78.0 Å². The van der Waals surface area contributed by atoms with Gasteiger partial charge in [0.15, 0.2) is 0 Å². The summed E-state index contributed by atoms with van der Waals surface area (Å²) in [5.74, 6) is 0.556. The number of aliphatic hydroxyl groups excluding tert-OH is 1. The standard InChI is InChI=1S/C9H15N3O/c1-3-9(2,7-13)12-8-10-5-4-6-11-8/h4-6,13H,3,7H2,1-2H3,(H,10,11,12). The number of nitrogens with one attached hydrogen (secondary N) is 1. The third-order valence-corrected chi connectivity index (χ3v) is 2.11. The third-order valence-electron chi connectivity index (χ3n) is 2.11. The topological polar surface area (TPSA) is 58.0 Å². The summed E-state index contributed by atoms with van der Waals surface area (Å²) in [5, 5.41) is 12.2.